The Morgan fingerprint density at radius 2 is 1.54 bits per heavy atom. The fourth-order valence-corrected chi connectivity index (χ4v) is 3.79. The van der Waals surface area contributed by atoms with Gasteiger partial charge in [0, 0.05) is 13.2 Å². The van der Waals surface area contributed by atoms with E-state index in [0.717, 1.165) is 37.1 Å². The van der Waals surface area contributed by atoms with Crippen molar-refractivity contribution in [1.29, 1.82) is 0 Å². The number of ether oxygens (including phenoxy) is 2. The standard InChI is InChI=1S/C20H29BO5/c1-18(2)19(3,4)26-21(25-18)17-10-15(14-5-7-23-8-6-14)9-16(11-17)20(22)12-24-13-20/h9-11,14,22H,5-8,12-13H2,1-4H3. The molecular weight excluding hydrogens is 331 g/mol. The number of hydrogen-bond acceptors (Lipinski definition) is 5. The van der Waals surface area contributed by atoms with Crippen molar-refractivity contribution in [2.75, 3.05) is 26.4 Å². The average molecular weight is 360 g/mol. The summed E-state index contributed by atoms with van der Waals surface area (Å²) in [6.07, 6.45) is 2.00. The van der Waals surface area contributed by atoms with Gasteiger partial charge in [-0.05, 0) is 63.0 Å². The Labute approximate surface area is 156 Å². The number of aliphatic hydroxyl groups is 1. The molecule has 0 spiro atoms. The summed E-state index contributed by atoms with van der Waals surface area (Å²) in [5.41, 5.74) is 1.43. The van der Waals surface area contributed by atoms with Crippen LogP contribution in [-0.4, -0.2) is 49.9 Å². The normalized spacial score (nSPS) is 27.3. The Hall–Kier alpha value is -0.915. The molecule has 3 fully saturated rings. The largest absolute Gasteiger partial charge is 0.494 e. The van der Waals surface area contributed by atoms with Crippen molar-refractivity contribution in [3.8, 4) is 0 Å². The molecule has 1 aromatic rings. The van der Waals surface area contributed by atoms with Crippen LogP contribution in [0.2, 0.25) is 0 Å². The van der Waals surface area contributed by atoms with Crippen LogP contribution in [0.3, 0.4) is 0 Å². The Morgan fingerprint density at radius 1 is 0.923 bits per heavy atom. The summed E-state index contributed by atoms with van der Waals surface area (Å²) in [6.45, 7) is 10.5. The van der Waals surface area contributed by atoms with Gasteiger partial charge in [-0.1, -0.05) is 18.2 Å². The molecule has 0 saturated carbocycles. The second-order valence-electron chi connectivity index (χ2n) is 8.89. The Morgan fingerprint density at radius 3 is 2.08 bits per heavy atom. The molecule has 0 bridgehead atoms. The van der Waals surface area contributed by atoms with Crippen LogP contribution in [0.1, 0.15) is 57.6 Å². The molecule has 0 aromatic heterocycles. The van der Waals surface area contributed by atoms with Crippen LogP contribution < -0.4 is 5.46 Å². The maximum atomic E-state index is 10.8. The lowest BCUT2D eigenvalue weighted by molar-refractivity contribution is -0.184. The highest BCUT2D eigenvalue weighted by Gasteiger charge is 2.52. The molecule has 142 valence electrons. The molecule has 3 heterocycles. The van der Waals surface area contributed by atoms with Gasteiger partial charge in [-0.25, -0.2) is 0 Å². The maximum absolute atomic E-state index is 10.8. The summed E-state index contributed by atoms with van der Waals surface area (Å²) in [7, 11) is -0.428. The zero-order valence-corrected chi connectivity index (χ0v) is 16.2. The Balaban J connectivity index is 1.70. The van der Waals surface area contributed by atoms with Crippen molar-refractivity contribution in [2.45, 2.75) is 63.3 Å². The predicted octanol–water partition coefficient (Wildman–Crippen LogP) is 2.10. The highest BCUT2D eigenvalue weighted by atomic mass is 16.7. The van der Waals surface area contributed by atoms with Gasteiger partial charge >= 0.3 is 7.12 Å². The first kappa shape index (κ1) is 18.4. The quantitative estimate of drug-likeness (QED) is 0.837. The molecular formula is C20H29BO5. The predicted molar refractivity (Wildman–Crippen MR) is 99.7 cm³/mol. The van der Waals surface area contributed by atoms with Gasteiger partial charge in [0.2, 0.25) is 0 Å². The molecule has 0 atom stereocenters. The number of rotatable bonds is 3. The van der Waals surface area contributed by atoms with Crippen LogP contribution >= 0.6 is 0 Å². The summed E-state index contributed by atoms with van der Waals surface area (Å²) < 4.78 is 23.3. The van der Waals surface area contributed by atoms with E-state index in [0.29, 0.717) is 19.1 Å². The van der Waals surface area contributed by atoms with Crippen LogP contribution in [0.4, 0.5) is 0 Å². The lowest BCUT2D eigenvalue weighted by Gasteiger charge is -2.37. The van der Waals surface area contributed by atoms with Crippen LogP contribution in [0.15, 0.2) is 18.2 Å². The fourth-order valence-electron chi connectivity index (χ4n) is 3.79. The van der Waals surface area contributed by atoms with Gasteiger partial charge in [0.1, 0.15) is 5.60 Å². The highest BCUT2D eigenvalue weighted by molar-refractivity contribution is 6.62. The molecule has 0 radical (unpaired) electrons. The minimum Gasteiger partial charge on any atom is -0.399 e. The van der Waals surface area contributed by atoms with Gasteiger partial charge in [-0.3, -0.25) is 0 Å². The molecule has 5 nitrogen and oxygen atoms in total. The van der Waals surface area contributed by atoms with Gasteiger partial charge < -0.3 is 23.9 Å². The van der Waals surface area contributed by atoms with E-state index in [9.17, 15) is 5.11 Å². The smallest absolute Gasteiger partial charge is 0.399 e. The van der Waals surface area contributed by atoms with Crippen molar-refractivity contribution < 1.29 is 23.9 Å². The lowest BCUT2D eigenvalue weighted by atomic mass is 9.73. The average Bonchev–Trinajstić information content (AvgIpc) is 2.81. The van der Waals surface area contributed by atoms with E-state index in [1.165, 1.54) is 5.56 Å². The summed E-state index contributed by atoms with van der Waals surface area (Å²) in [5, 5.41) is 10.8. The number of hydrogen-bond donors (Lipinski definition) is 1. The van der Waals surface area contributed by atoms with Gasteiger partial charge in [0.15, 0.2) is 0 Å². The third kappa shape index (κ3) is 3.12. The Kier molecular flexibility index (Phi) is 4.48. The molecule has 3 aliphatic rings. The molecule has 4 rings (SSSR count). The monoisotopic (exact) mass is 360 g/mol. The van der Waals surface area contributed by atoms with Gasteiger partial charge in [-0.2, -0.15) is 0 Å². The minimum atomic E-state index is -0.903. The van der Waals surface area contributed by atoms with E-state index in [2.05, 4.69) is 39.8 Å². The van der Waals surface area contributed by atoms with E-state index >= 15 is 0 Å². The third-order valence-electron chi connectivity index (χ3n) is 6.41. The first-order valence-corrected chi connectivity index (χ1v) is 9.59. The van der Waals surface area contributed by atoms with Crippen LogP contribution in [-0.2, 0) is 24.4 Å². The van der Waals surface area contributed by atoms with Crippen LogP contribution in [0, 0.1) is 0 Å². The molecule has 6 heteroatoms. The highest BCUT2D eigenvalue weighted by Crippen LogP contribution is 2.38. The maximum Gasteiger partial charge on any atom is 0.494 e. The third-order valence-corrected chi connectivity index (χ3v) is 6.41. The number of benzene rings is 1. The van der Waals surface area contributed by atoms with Gasteiger partial charge in [0.05, 0.1) is 24.4 Å². The van der Waals surface area contributed by atoms with Crippen molar-refractivity contribution in [3.05, 3.63) is 29.3 Å². The summed E-state index contributed by atoms with van der Waals surface area (Å²) in [6, 6.07) is 6.34. The summed E-state index contributed by atoms with van der Waals surface area (Å²) in [4.78, 5) is 0. The molecule has 1 N–H and O–H groups in total. The lowest BCUT2D eigenvalue weighted by Crippen LogP contribution is -2.47. The van der Waals surface area contributed by atoms with Crippen LogP contribution in [0.25, 0.3) is 0 Å². The topological polar surface area (TPSA) is 57.2 Å². The summed E-state index contributed by atoms with van der Waals surface area (Å²) in [5.74, 6) is 0.439. The minimum absolute atomic E-state index is 0.340. The first-order chi connectivity index (χ1) is 12.2. The van der Waals surface area contributed by atoms with Gasteiger partial charge in [0.25, 0.3) is 0 Å². The van der Waals surface area contributed by atoms with Crippen molar-refractivity contribution in [3.63, 3.8) is 0 Å². The van der Waals surface area contributed by atoms with E-state index < -0.39 is 12.7 Å². The Bertz CT molecular complexity index is 661. The van der Waals surface area contributed by atoms with Crippen molar-refractivity contribution in [1.82, 2.24) is 0 Å². The zero-order chi connectivity index (χ0) is 18.6. The fraction of sp³-hybridized carbons (Fsp3) is 0.700. The zero-order valence-electron chi connectivity index (χ0n) is 16.2. The molecule has 0 amide bonds. The molecule has 1 aromatic carbocycles. The SMILES string of the molecule is CC1(C)OB(c2cc(C3CCOCC3)cc(C3(O)COC3)c2)OC1(C)C. The molecule has 3 saturated heterocycles. The first-order valence-electron chi connectivity index (χ1n) is 9.59. The van der Waals surface area contributed by atoms with Gasteiger partial charge in [-0.15, -0.1) is 0 Å². The molecule has 0 aliphatic carbocycles. The van der Waals surface area contributed by atoms with Crippen molar-refractivity contribution in [2.24, 2.45) is 0 Å². The summed E-state index contributed by atoms with van der Waals surface area (Å²) >= 11 is 0. The van der Waals surface area contributed by atoms with Crippen molar-refractivity contribution >= 4 is 12.6 Å². The van der Waals surface area contributed by atoms with E-state index in [1.54, 1.807) is 0 Å². The van der Waals surface area contributed by atoms with E-state index in [4.69, 9.17) is 18.8 Å². The van der Waals surface area contributed by atoms with E-state index in [-0.39, 0.29) is 11.2 Å². The molecule has 0 unspecified atom stereocenters. The van der Waals surface area contributed by atoms with E-state index in [1.807, 2.05) is 6.07 Å². The molecule has 26 heavy (non-hydrogen) atoms. The van der Waals surface area contributed by atoms with Crippen LogP contribution in [0.5, 0.6) is 0 Å². The second kappa shape index (κ2) is 6.31. The molecule has 3 aliphatic heterocycles. The second-order valence-corrected chi connectivity index (χ2v) is 8.89.